The molecule has 0 saturated carbocycles. The van der Waals surface area contributed by atoms with Crippen molar-refractivity contribution in [3.05, 3.63) is 59.7 Å². The molecular formula is C21H23NO4S. The monoisotopic (exact) mass is 385 g/mol. The van der Waals surface area contributed by atoms with Crippen LogP contribution in [0, 0.1) is 0 Å². The summed E-state index contributed by atoms with van der Waals surface area (Å²) in [5.74, 6) is -1.15. The lowest BCUT2D eigenvalue weighted by Gasteiger charge is -2.23. The van der Waals surface area contributed by atoms with Gasteiger partial charge in [-0.2, -0.15) is 0 Å². The summed E-state index contributed by atoms with van der Waals surface area (Å²) in [6.07, 6.45) is -0.721. The van der Waals surface area contributed by atoms with E-state index in [-0.39, 0.29) is 17.3 Å². The van der Waals surface area contributed by atoms with E-state index < -0.39 is 17.4 Å². The Morgan fingerprint density at radius 1 is 1.07 bits per heavy atom. The van der Waals surface area contributed by atoms with Crippen LogP contribution in [0.1, 0.15) is 37.8 Å². The molecular weight excluding hydrogens is 362 g/mol. The molecule has 0 saturated heterocycles. The van der Waals surface area contributed by atoms with Crippen molar-refractivity contribution in [2.45, 2.75) is 36.8 Å². The second kappa shape index (κ2) is 7.64. The number of hydrogen-bond acceptors (Lipinski definition) is 4. The van der Waals surface area contributed by atoms with Gasteiger partial charge in [-0.1, -0.05) is 69.3 Å². The maximum absolute atomic E-state index is 12.2. The van der Waals surface area contributed by atoms with Gasteiger partial charge in [0, 0.05) is 10.7 Å². The first-order chi connectivity index (χ1) is 12.8. The van der Waals surface area contributed by atoms with Crippen LogP contribution < -0.4 is 5.32 Å². The minimum absolute atomic E-state index is 0.0540. The predicted molar refractivity (Wildman–Crippen MR) is 107 cm³/mol. The lowest BCUT2D eigenvalue weighted by atomic mass is 9.98. The molecule has 0 spiro atoms. The number of nitrogens with one attached hydrogen (secondary N) is 1. The number of carbonyl (C=O) groups is 2. The standard InChI is InChI=1S/C21H23NO4S/c1-21(2,3)27-18(19(23)24)22-20(25)26-12-17-15-10-6-4-8-13(15)14-9-5-7-11-16(14)17/h4-11,17-18H,12H2,1-3H3,(H,22,25)(H,23,24)/t18-/m0/s1. The van der Waals surface area contributed by atoms with Gasteiger partial charge in [0.15, 0.2) is 5.37 Å². The Hall–Kier alpha value is -2.47. The molecule has 3 rings (SSSR count). The summed E-state index contributed by atoms with van der Waals surface area (Å²) in [6, 6.07) is 16.1. The first kappa shape index (κ1) is 19.3. The molecule has 142 valence electrons. The largest absolute Gasteiger partial charge is 0.479 e. The average Bonchev–Trinajstić information content (AvgIpc) is 2.92. The van der Waals surface area contributed by atoms with E-state index in [2.05, 4.69) is 17.4 Å². The molecule has 0 fully saturated rings. The highest BCUT2D eigenvalue weighted by atomic mass is 32.2. The molecule has 6 heteroatoms. The molecule has 27 heavy (non-hydrogen) atoms. The molecule has 2 aromatic rings. The van der Waals surface area contributed by atoms with Crippen LogP contribution in [0.4, 0.5) is 4.79 Å². The molecule has 0 heterocycles. The molecule has 1 atom stereocenters. The third-order valence-electron chi connectivity index (χ3n) is 4.29. The van der Waals surface area contributed by atoms with Crippen LogP contribution in [0.15, 0.2) is 48.5 Å². The van der Waals surface area contributed by atoms with E-state index in [0.717, 1.165) is 34.0 Å². The topological polar surface area (TPSA) is 75.6 Å². The molecule has 2 aromatic carbocycles. The Labute approximate surface area is 163 Å². The maximum Gasteiger partial charge on any atom is 0.408 e. The number of carbonyl (C=O) groups excluding carboxylic acids is 1. The number of thioether (sulfide) groups is 1. The molecule has 0 radical (unpaired) electrons. The number of ether oxygens (including phenoxy) is 1. The van der Waals surface area contributed by atoms with Crippen molar-refractivity contribution in [1.82, 2.24) is 5.32 Å². The first-order valence-electron chi connectivity index (χ1n) is 8.78. The van der Waals surface area contributed by atoms with Crippen LogP contribution in [-0.2, 0) is 9.53 Å². The van der Waals surface area contributed by atoms with E-state index >= 15 is 0 Å². The van der Waals surface area contributed by atoms with Crippen molar-refractivity contribution in [2.24, 2.45) is 0 Å². The van der Waals surface area contributed by atoms with Gasteiger partial charge in [-0.05, 0) is 22.3 Å². The summed E-state index contributed by atoms with van der Waals surface area (Å²) in [6.45, 7) is 5.85. The summed E-state index contributed by atoms with van der Waals surface area (Å²) in [7, 11) is 0. The van der Waals surface area contributed by atoms with Gasteiger partial charge < -0.3 is 9.84 Å². The van der Waals surface area contributed by atoms with Crippen LogP contribution in [0.3, 0.4) is 0 Å². The van der Waals surface area contributed by atoms with Crippen LogP contribution >= 0.6 is 11.8 Å². The smallest absolute Gasteiger partial charge is 0.408 e. The number of aliphatic carboxylic acids is 1. The molecule has 2 N–H and O–H groups in total. The van der Waals surface area contributed by atoms with E-state index in [4.69, 9.17) is 4.74 Å². The van der Waals surface area contributed by atoms with E-state index in [0.29, 0.717) is 0 Å². The number of carboxylic acids is 1. The van der Waals surface area contributed by atoms with E-state index in [1.54, 1.807) is 0 Å². The molecule has 1 amide bonds. The van der Waals surface area contributed by atoms with Gasteiger partial charge >= 0.3 is 12.1 Å². The zero-order valence-corrected chi connectivity index (χ0v) is 16.4. The van der Waals surface area contributed by atoms with Crippen LogP contribution in [0.25, 0.3) is 11.1 Å². The van der Waals surface area contributed by atoms with Crippen LogP contribution in [0.5, 0.6) is 0 Å². The molecule has 0 unspecified atom stereocenters. The summed E-state index contributed by atoms with van der Waals surface area (Å²) >= 11 is 1.16. The highest BCUT2D eigenvalue weighted by Gasteiger charge is 2.31. The highest BCUT2D eigenvalue weighted by molar-refractivity contribution is 8.01. The minimum Gasteiger partial charge on any atom is -0.479 e. The highest BCUT2D eigenvalue weighted by Crippen LogP contribution is 2.44. The Morgan fingerprint density at radius 3 is 2.07 bits per heavy atom. The second-order valence-electron chi connectivity index (χ2n) is 7.42. The fourth-order valence-electron chi connectivity index (χ4n) is 3.24. The molecule has 0 aliphatic heterocycles. The summed E-state index contributed by atoms with van der Waals surface area (Å²) in [5.41, 5.74) is 4.53. The number of amides is 1. The third-order valence-corrected chi connectivity index (χ3v) is 5.55. The van der Waals surface area contributed by atoms with Gasteiger partial charge in [-0.3, -0.25) is 5.32 Å². The lowest BCUT2D eigenvalue weighted by molar-refractivity contribution is -0.136. The zero-order valence-electron chi connectivity index (χ0n) is 15.6. The Morgan fingerprint density at radius 2 is 1.59 bits per heavy atom. The molecule has 1 aliphatic carbocycles. The molecule has 1 aliphatic rings. The van der Waals surface area contributed by atoms with Crippen molar-refractivity contribution < 1.29 is 19.4 Å². The van der Waals surface area contributed by atoms with Gasteiger partial charge in [-0.25, -0.2) is 9.59 Å². The zero-order chi connectivity index (χ0) is 19.6. The van der Waals surface area contributed by atoms with Crippen molar-refractivity contribution in [3.63, 3.8) is 0 Å². The second-order valence-corrected chi connectivity index (χ2v) is 9.35. The van der Waals surface area contributed by atoms with Crippen molar-refractivity contribution >= 4 is 23.8 Å². The summed E-state index contributed by atoms with van der Waals surface area (Å²) in [4.78, 5) is 23.6. The minimum atomic E-state index is -1.09. The summed E-state index contributed by atoms with van der Waals surface area (Å²) < 4.78 is 5.10. The van der Waals surface area contributed by atoms with Crippen LogP contribution in [-0.4, -0.2) is 33.9 Å². The van der Waals surface area contributed by atoms with Crippen molar-refractivity contribution in [1.29, 1.82) is 0 Å². The fraction of sp³-hybridized carbons (Fsp3) is 0.333. The SMILES string of the molecule is CC(C)(C)S[C@H](NC(=O)OCC1c2ccccc2-c2ccccc21)C(=O)O. The van der Waals surface area contributed by atoms with E-state index in [1.807, 2.05) is 57.2 Å². The average molecular weight is 385 g/mol. The molecule has 5 nitrogen and oxygen atoms in total. The third kappa shape index (κ3) is 4.45. The van der Waals surface area contributed by atoms with Gasteiger partial charge in [0.05, 0.1) is 0 Å². The molecule has 0 bridgehead atoms. The lowest BCUT2D eigenvalue weighted by Crippen LogP contribution is -2.41. The number of alkyl carbamates (subject to hydrolysis) is 1. The molecule has 0 aromatic heterocycles. The van der Waals surface area contributed by atoms with Crippen molar-refractivity contribution in [2.75, 3.05) is 6.61 Å². The van der Waals surface area contributed by atoms with Gasteiger partial charge in [0.25, 0.3) is 0 Å². The maximum atomic E-state index is 12.2. The Bertz CT molecular complexity index is 814. The fourth-order valence-corrected chi connectivity index (χ4v) is 4.21. The number of hydrogen-bond donors (Lipinski definition) is 2. The Balaban J connectivity index is 1.69. The van der Waals surface area contributed by atoms with Crippen LogP contribution in [0.2, 0.25) is 0 Å². The predicted octanol–water partition coefficient (Wildman–Crippen LogP) is 4.47. The van der Waals surface area contributed by atoms with Gasteiger partial charge in [0.1, 0.15) is 6.61 Å². The van der Waals surface area contributed by atoms with Gasteiger partial charge in [-0.15, -0.1) is 11.8 Å². The number of benzene rings is 2. The Kier molecular flexibility index (Phi) is 5.46. The number of fused-ring (bicyclic) bond motifs is 3. The van der Waals surface area contributed by atoms with Gasteiger partial charge in [0.2, 0.25) is 0 Å². The number of carboxylic acid groups (broad SMARTS) is 1. The number of rotatable bonds is 5. The first-order valence-corrected chi connectivity index (χ1v) is 9.66. The van der Waals surface area contributed by atoms with E-state index in [1.165, 1.54) is 0 Å². The quantitative estimate of drug-likeness (QED) is 0.743. The van der Waals surface area contributed by atoms with E-state index in [9.17, 15) is 14.7 Å². The summed E-state index contributed by atoms with van der Waals surface area (Å²) in [5, 5.41) is 10.7. The van der Waals surface area contributed by atoms with Crippen molar-refractivity contribution in [3.8, 4) is 11.1 Å². The normalized spacial score (nSPS) is 14.2.